The third-order valence-corrected chi connectivity index (χ3v) is 5.56. The summed E-state index contributed by atoms with van der Waals surface area (Å²) in [6.07, 6.45) is 1.51. The highest BCUT2D eigenvalue weighted by Crippen LogP contribution is 2.48. The second kappa shape index (κ2) is 11.3. The maximum atomic E-state index is 9.94. The molecule has 1 unspecified atom stereocenters. The third kappa shape index (κ3) is 5.57. The van der Waals surface area contributed by atoms with Crippen LogP contribution in [0.5, 0.6) is 28.7 Å². The Morgan fingerprint density at radius 3 is 1.85 bits per heavy atom. The van der Waals surface area contributed by atoms with Crippen LogP contribution in [0.2, 0.25) is 0 Å². The van der Waals surface area contributed by atoms with Crippen molar-refractivity contribution in [2.75, 3.05) is 40.4 Å². The average molecular weight is 462 g/mol. The Morgan fingerprint density at radius 1 is 0.879 bits per heavy atom. The summed E-state index contributed by atoms with van der Waals surface area (Å²) in [5, 5.41) is 13.0. The van der Waals surface area contributed by atoms with Crippen molar-refractivity contribution in [1.29, 1.82) is 0 Å². The molecule has 1 aliphatic rings. The van der Waals surface area contributed by atoms with E-state index in [2.05, 4.69) is 5.32 Å². The van der Waals surface area contributed by atoms with Gasteiger partial charge in [-0.1, -0.05) is 6.92 Å². The Bertz CT molecular complexity index is 906. The summed E-state index contributed by atoms with van der Waals surface area (Å²) < 4.78 is 34.4. The van der Waals surface area contributed by atoms with Crippen LogP contribution >= 0.6 is 0 Å². The fourth-order valence-corrected chi connectivity index (χ4v) is 4.06. The van der Waals surface area contributed by atoms with Crippen molar-refractivity contribution in [2.24, 2.45) is 0 Å². The first-order valence-corrected chi connectivity index (χ1v) is 11.2. The van der Waals surface area contributed by atoms with Crippen molar-refractivity contribution in [3.8, 4) is 28.7 Å². The predicted octanol–water partition coefficient (Wildman–Crippen LogP) is 4.85. The maximum absolute atomic E-state index is 9.94. The molecule has 8 nitrogen and oxygen atoms in total. The van der Waals surface area contributed by atoms with Crippen molar-refractivity contribution >= 4 is 5.69 Å². The van der Waals surface area contributed by atoms with E-state index in [9.17, 15) is 5.11 Å². The number of benzene rings is 2. The number of rotatable bonds is 11. The Balaban J connectivity index is 1.90. The second-order valence-electron chi connectivity index (χ2n) is 7.92. The molecule has 0 amide bonds. The molecular weight excluding hydrogens is 426 g/mol. The second-order valence-corrected chi connectivity index (χ2v) is 7.92. The zero-order chi connectivity index (χ0) is 24.0. The third-order valence-electron chi connectivity index (χ3n) is 5.56. The largest absolute Gasteiger partial charge is 0.493 e. The summed E-state index contributed by atoms with van der Waals surface area (Å²) in [6.45, 7) is 4.25. The fourth-order valence-electron chi connectivity index (χ4n) is 4.06. The Hall–Kier alpha value is -2.84. The van der Waals surface area contributed by atoms with Crippen LogP contribution in [0.3, 0.4) is 0 Å². The van der Waals surface area contributed by atoms with Crippen molar-refractivity contribution in [3.05, 3.63) is 35.4 Å². The van der Waals surface area contributed by atoms with Gasteiger partial charge in [-0.05, 0) is 61.6 Å². The summed E-state index contributed by atoms with van der Waals surface area (Å²) in [6, 6.07) is 7.76. The number of methoxy groups -OCH3 is 4. The summed E-state index contributed by atoms with van der Waals surface area (Å²) in [5.74, 6) is 2.94. The molecule has 2 aromatic rings. The molecular formula is C25H35NO7. The van der Waals surface area contributed by atoms with Crippen LogP contribution < -0.4 is 29.0 Å². The lowest BCUT2D eigenvalue weighted by Gasteiger charge is -2.22. The summed E-state index contributed by atoms with van der Waals surface area (Å²) in [7, 11) is 6.40. The van der Waals surface area contributed by atoms with E-state index in [4.69, 9.17) is 28.4 Å². The SMILES string of the molecule is CCCOc1c(NC(C)O)cc([C@@H]2CC[C@@H](c3cc(OC)c(OC)c(OC)c3)O2)cc1OC. The molecule has 182 valence electrons. The van der Waals surface area contributed by atoms with E-state index >= 15 is 0 Å². The zero-order valence-corrected chi connectivity index (χ0v) is 20.3. The van der Waals surface area contributed by atoms with Crippen LogP contribution in [-0.4, -0.2) is 46.4 Å². The molecule has 0 bridgehead atoms. The molecule has 1 heterocycles. The average Bonchev–Trinajstić information content (AvgIpc) is 3.31. The molecule has 0 aliphatic carbocycles. The van der Waals surface area contributed by atoms with Gasteiger partial charge >= 0.3 is 0 Å². The molecule has 33 heavy (non-hydrogen) atoms. The molecule has 2 N–H and O–H groups in total. The summed E-state index contributed by atoms with van der Waals surface area (Å²) >= 11 is 0. The Morgan fingerprint density at radius 2 is 1.39 bits per heavy atom. The minimum atomic E-state index is -0.745. The van der Waals surface area contributed by atoms with E-state index < -0.39 is 6.23 Å². The lowest BCUT2D eigenvalue weighted by molar-refractivity contribution is 0.0437. The number of ether oxygens (including phenoxy) is 6. The van der Waals surface area contributed by atoms with E-state index in [0.717, 1.165) is 30.4 Å². The molecule has 3 rings (SSSR count). The van der Waals surface area contributed by atoms with Crippen LogP contribution in [0.1, 0.15) is 56.4 Å². The van der Waals surface area contributed by atoms with Crippen molar-refractivity contribution < 1.29 is 33.5 Å². The molecule has 8 heteroatoms. The highest BCUT2D eigenvalue weighted by Gasteiger charge is 2.31. The van der Waals surface area contributed by atoms with Gasteiger partial charge in [0.25, 0.3) is 0 Å². The number of aliphatic hydroxyl groups is 1. The molecule has 3 atom stereocenters. The molecule has 1 aliphatic heterocycles. The summed E-state index contributed by atoms with van der Waals surface area (Å²) in [4.78, 5) is 0. The van der Waals surface area contributed by atoms with Gasteiger partial charge in [-0.2, -0.15) is 0 Å². The first-order chi connectivity index (χ1) is 15.9. The number of anilines is 1. The van der Waals surface area contributed by atoms with Gasteiger partial charge in [0.05, 0.1) is 52.9 Å². The fraction of sp³-hybridized carbons (Fsp3) is 0.520. The van der Waals surface area contributed by atoms with Crippen molar-refractivity contribution in [1.82, 2.24) is 0 Å². The standard InChI is InChI=1S/C25H35NO7/c1-7-10-32-24-18(26-15(2)27)11-16(12-21(24)28-3)19-8-9-20(33-19)17-13-22(29-4)25(31-6)23(14-17)30-5/h11-15,19-20,26-27H,7-10H2,1-6H3/t15?,19-,20-/m0/s1. The van der Waals surface area contributed by atoms with Gasteiger partial charge < -0.3 is 38.8 Å². The van der Waals surface area contributed by atoms with Gasteiger partial charge in [-0.15, -0.1) is 0 Å². The maximum Gasteiger partial charge on any atom is 0.203 e. The number of aliphatic hydroxyl groups excluding tert-OH is 1. The van der Waals surface area contributed by atoms with Crippen LogP contribution in [0, 0.1) is 0 Å². The molecule has 0 radical (unpaired) electrons. The van der Waals surface area contributed by atoms with Gasteiger partial charge in [-0.25, -0.2) is 0 Å². The van der Waals surface area contributed by atoms with Crippen molar-refractivity contribution in [3.63, 3.8) is 0 Å². The van der Waals surface area contributed by atoms with Crippen LogP contribution in [-0.2, 0) is 4.74 Å². The summed E-state index contributed by atoms with van der Waals surface area (Å²) in [5.41, 5.74) is 2.59. The van der Waals surface area contributed by atoms with Crippen LogP contribution in [0.15, 0.2) is 24.3 Å². The van der Waals surface area contributed by atoms with Gasteiger partial charge in [0.2, 0.25) is 5.75 Å². The zero-order valence-electron chi connectivity index (χ0n) is 20.3. The topological polar surface area (TPSA) is 87.6 Å². The quantitative estimate of drug-likeness (QED) is 0.459. The molecule has 1 saturated heterocycles. The Kier molecular flexibility index (Phi) is 8.52. The van der Waals surface area contributed by atoms with E-state index in [-0.39, 0.29) is 12.2 Å². The molecule has 0 saturated carbocycles. The highest BCUT2D eigenvalue weighted by molar-refractivity contribution is 5.65. The minimum absolute atomic E-state index is 0.126. The monoisotopic (exact) mass is 461 g/mol. The van der Waals surface area contributed by atoms with Gasteiger partial charge in [0.1, 0.15) is 6.23 Å². The van der Waals surface area contributed by atoms with E-state index in [1.807, 2.05) is 31.2 Å². The van der Waals surface area contributed by atoms with Crippen LogP contribution in [0.25, 0.3) is 0 Å². The van der Waals surface area contributed by atoms with Crippen LogP contribution in [0.4, 0.5) is 5.69 Å². The number of nitrogens with one attached hydrogen (secondary N) is 1. The molecule has 0 spiro atoms. The molecule has 1 fully saturated rings. The van der Waals surface area contributed by atoms with Gasteiger partial charge in [-0.3, -0.25) is 0 Å². The van der Waals surface area contributed by atoms with Gasteiger partial charge in [0.15, 0.2) is 23.0 Å². The van der Waals surface area contributed by atoms with E-state index in [1.54, 1.807) is 35.4 Å². The smallest absolute Gasteiger partial charge is 0.203 e. The molecule has 0 aromatic heterocycles. The van der Waals surface area contributed by atoms with Crippen molar-refractivity contribution in [2.45, 2.75) is 51.5 Å². The van der Waals surface area contributed by atoms with Gasteiger partial charge in [0, 0.05) is 0 Å². The van der Waals surface area contributed by atoms with E-state index in [1.165, 1.54) is 0 Å². The number of hydrogen-bond acceptors (Lipinski definition) is 8. The normalized spacial score (nSPS) is 18.5. The first-order valence-electron chi connectivity index (χ1n) is 11.2. The first kappa shape index (κ1) is 24.8. The van der Waals surface area contributed by atoms with E-state index in [0.29, 0.717) is 41.0 Å². The lowest BCUT2D eigenvalue weighted by atomic mass is 10.0. The minimum Gasteiger partial charge on any atom is -0.493 e. The highest BCUT2D eigenvalue weighted by atomic mass is 16.5. The predicted molar refractivity (Wildman–Crippen MR) is 126 cm³/mol. The lowest BCUT2D eigenvalue weighted by Crippen LogP contribution is -2.15. The molecule has 2 aromatic carbocycles. The Labute approximate surface area is 195 Å². The number of hydrogen-bond donors (Lipinski definition) is 2.